The molecule has 100 valence electrons. The summed E-state index contributed by atoms with van der Waals surface area (Å²) >= 11 is 0. The summed E-state index contributed by atoms with van der Waals surface area (Å²) in [7, 11) is 0. The molecule has 1 rings (SSSR count). The minimum Gasteiger partial charge on any atom is -0.508 e. The zero-order valence-electron chi connectivity index (χ0n) is 11.2. The van der Waals surface area contributed by atoms with Crippen molar-refractivity contribution in [3.8, 4) is 5.75 Å². The van der Waals surface area contributed by atoms with Gasteiger partial charge in [-0.25, -0.2) is 4.79 Å². The summed E-state index contributed by atoms with van der Waals surface area (Å²) < 4.78 is 0. The van der Waals surface area contributed by atoms with Crippen molar-refractivity contribution in [2.24, 2.45) is 0 Å². The molecule has 3 heteroatoms. The zero-order chi connectivity index (χ0) is 13.5. The van der Waals surface area contributed by atoms with Gasteiger partial charge < -0.3 is 10.2 Å². The van der Waals surface area contributed by atoms with Crippen LogP contribution in [0.5, 0.6) is 5.75 Å². The number of aromatic hydroxyl groups is 1. The number of carbonyl (C=O) groups is 1. The van der Waals surface area contributed by atoms with Gasteiger partial charge in [-0.3, -0.25) is 0 Å². The van der Waals surface area contributed by atoms with Crippen LogP contribution in [0.4, 0.5) is 0 Å². The molecule has 1 aromatic rings. The molecule has 0 aliphatic heterocycles. The molecule has 0 spiro atoms. The lowest BCUT2D eigenvalue weighted by Gasteiger charge is -2.13. The van der Waals surface area contributed by atoms with Gasteiger partial charge in [-0.1, -0.05) is 33.1 Å². The minimum atomic E-state index is -0.915. The van der Waals surface area contributed by atoms with Crippen molar-refractivity contribution in [2.75, 3.05) is 0 Å². The summed E-state index contributed by atoms with van der Waals surface area (Å²) in [5.74, 6) is -0.685. The third-order valence-electron chi connectivity index (χ3n) is 3.27. The second-order valence-corrected chi connectivity index (χ2v) is 4.56. The van der Waals surface area contributed by atoms with Crippen LogP contribution >= 0.6 is 0 Å². The molecule has 2 N–H and O–H groups in total. The zero-order valence-corrected chi connectivity index (χ0v) is 11.2. The highest BCUT2D eigenvalue weighted by Crippen LogP contribution is 2.27. The highest BCUT2D eigenvalue weighted by atomic mass is 16.4. The largest absolute Gasteiger partial charge is 0.508 e. The van der Waals surface area contributed by atoms with Gasteiger partial charge in [-0.05, 0) is 42.5 Å². The fourth-order valence-electron chi connectivity index (χ4n) is 2.29. The van der Waals surface area contributed by atoms with Crippen LogP contribution in [0.2, 0.25) is 0 Å². The second-order valence-electron chi connectivity index (χ2n) is 4.56. The van der Waals surface area contributed by atoms with Crippen LogP contribution in [0.25, 0.3) is 0 Å². The van der Waals surface area contributed by atoms with E-state index in [1.54, 1.807) is 0 Å². The van der Waals surface area contributed by atoms with E-state index >= 15 is 0 Å². The Morgan fingerprint density at radius 2 is 1.83 bits per heavy atom. The van der Waals surface area contributed by atoms with E-state index in [0.29, 0.717) is 12.0 Å². The Balaban J connectivity index is 2.93. The Morgan fingerprint density at radius 1 is 1.11 bits per heavy atom. The molecule has 0 aromatic heterocycles. The molecule has 3 nitrogen and oxygen atoms in total. The van der Waals surface area contributed by atoms with E-state index in [4.69, 9.17) is 5.11 Å². The summed E-state index contributed by atoms with van der Waals surface area (Å²) in [6.07, 6.45) is 5.87. The predicted octanol–water partition coefficient (Wildman–Crippen LogP) is 3.78. The number of unbranched alkanes of at least 4 members (excludes halogenated alkanes) is 3. The van der Waals surface area contributed by atoms with E-state index in [1.807, 2.05) is 6.92 Å². The van der Waals surface area contributed by atoms with Gasteiger partial charge in [0.05, 0.1) is 5.56 Å². The van der Waals surface area contributed by atoms with Crippen molar-refractivity contribution in [1.29, 1.82) is 0 Å². The summed E-state index contributed by atoms with van der Waals surface area (Å²) in [6.45, 7) is 4.08. The van der Waals surface area contributed by atoms with Gasteiger partial charge in [0.15, 0.2) is 0 Å². The highest BCUT2D eigenvalue weighted by Gasteiger charge is 2.15. The molecule has 0 radical (unpaired) electrons. The van der Waals surface area contributed by atoms with Crippen molar-refractivity contribution in [3.05, 3.63) is 28.8 Å². The molecule has 0 unspecified atom stereocenters. The van der Waals surface area contributed by atoms with Gasteiger partial charge in [-0.15, -0.1) is 0 Å². The Morgan fingerprint density at radius 3 is 2.39 bits per heavy atom. The van der Waals surface area contributed by atoms with E-state index in [2.05, 4.69) is 6.92 Å². The normalized spacial score (nSPS) is 10.6. The standard InChI is InChI=1S/C15H22O3/c1-3-5-6-7-8-12-11(4-2)13(15(17)18)9-10-14(12)16/h9-10,16H,3-8H2,1-2H3,(H,17,18). The highest BCUT2D eigenvalue weighted by molar-refractivity contribution is 5.90. The monoisotopic (exact) mass is 250 g/mol. The van der Waals surface area contributed by atoms with Crippen molar-refractivity contribution < 1.29 is 15.0 Å². The maximum absolute atomic E-state index is 11.1. The lowest BCUT2D eigenvalue weighted by Crippen LogP contribution is -2.05. The number of aromatic carboxylic acids is 1. The van der Waals surface area contributed by atoms with Gasteiger partial charge in [0, 0.05) is 0 Å². The maximum Gasteiger partial charge on any atom is 0.335 e. The summed E-state index contributed by atoms with van der Waals surface area (Å²) in [6, 6.07) is 2.99. The average Bonchev–Trinajstić information content (AvgIpc) is 2.35. The van der Waals surface area contributed by atoms with Gasteiger partial charge >= 0.3 is 5.97 Å². The third-order valence-corrected chi connectivity index (χ3v) is 3.27. The van der Waals surface area contributed by atoms with E-state index in [0.717, 1.165) is 30.4 Å². The van der Waals surface area contributed by atoms with Crippen LogP contribution in [-0.2, 0) is 12.8 Å². The fraction of sp³-hybridized carbons (Fsp3) is 0.533. The molecular weight excluding hydrogens is 228 g/mol. The molecule has 0 aliphatic rings. The molecule has 1 aromatic carbocycles. The molecular formula is C15H22O3. The number of hydrogen-bond acceptors (Lipinski definition) is 2. The molecule has 0 saturated carbocycles. The first-order chi connectivity index (χ1) is 8.61. The van der Waals surface area contributed by atoms with Crippen molar-refractivity contribution >= 4 is 5.97 Å². The van der Waals surface area contributed by atoms with E-state index in [-0.39, 0.29) is 5.75 Å². The van der Waals surface area contributed by atoms with Gasteiger partial charge in [0.1, 0.15) is 5.75 Å². The molecule has 0 amide bonds. The quantitative estimate of drug-likeness (QED) is 0.724. The summed E-state index contributed by atoms with van der Waals surface area (Å²) in [5.41, 5.74) is 1.91. The van der Waals surface area contributed by atoms with Gasteiger partial charge in [-0.2, -0.15) is 0 Å². The summed E-state index contributed by atoms with van der Waals surface area (Å²) in [4.78, 5) is 11.1. The number of benzene rings is 1. The topological polar surface area (TPSA) is 57.5 Å². The molecule has 0 heterocycles. The molecule has 0 saturated heterocycles. The number of carboxylic acids is 1. The Bertz CT molecular complexity index is 410. The number of hydrogen-bond donors (Lipinski definition) is 2. The molecule has 0 fully saturated rings. The molecule has 0 atom stereocenters. The first-order valence-corrected chi connectivity index (χ1v) is 6.68. The van der Waals surface area contributed by atoms with E-state index < -0.39 is 5.97 Å². The smallest absolute Gasteiger partial charge is 0.335 e. The first kappa shape index (κ1) is 14.6. The van der Waals surface area contributed by atoms with E-state index in [1.165, 1.54) is 25.0 Å². The average molecular weight is 250 g/mol. The van der Waals surface area contributed by atoms with Crippen LogP contribution < -0.4 is 0 Å². The Hall–Kier alpha value is -1.51. The number of phenolic OH excluding ortho intramolecular Hbond substituents is 1. The van der Waals surface area contributed by atoms with Crippen LogP contribution in [0.1, 0.15) is 61.0 Å². The second kappa shape index (κ2) is 7.04. The Labute approximate surface area is 108 Å². The Kier molecular flexibility index (Phi) is 5.69. The first-order valence-electron chi connectivity index (χ1n) is 6.68. The van der Waals surface area contributed by atoms with Crippen molar-refractivity contribution in [1.82, 2.24) is 0 Å². The predicted molar refractivity (Wildman–Crippen MR) is 72.3 cm³/mol. The number of carboxylic acid groups (broad SMARTS) is 1. The van der Waals surface area contributed by atoms with Crippen LogP contribution in [0.3, 0.4) is 0 Å². The van der Waals surface area contributed by atoms with E-state index in [9.17, 15) is 9.90 Å². The lowest BCUT2D eigenvalue weighted by molar-refractivity contribution is 0.0695. The van der Waals surface area contributed by atoms with Gasteiger partial charge in [0.25, 0.3) is 0 Å². The number of rotatable bonds is 7. The molecule has 0 aliphatic carbocycles. The van der Waals surface area contributed by atoms with Crippen molar-refractivity contribution in [2.45, 2.75) is 52.4 Å². The maximum atomic E-state index is 11.1. The summed E-state index contributed by atoms with van der Waals surface area (Å²) in [5, 5.41) is 19.0. The number of phenols is 1. The molecule has 0 bridgehead atoms. The van der Waals surface area contributed by atoms with Crippen LogP contribution in [0, 0.1) is 0 Å². The fourth-order valence-corrected chi connectivity index (χ4v) is 2.29. The van der Waals surface area contributed by atoms with Crippen LogP contribution in [0.15, 0.2) is 12.1 Å². The SMILES string of the molecule is CCCCCCc1c(O)ccc(C(=O)O)c1CC. The minimum absolute atomic E-state index is 0.230. The van der Waals surface area contributed by atoms with Crippen molar-refractivity contribution in [3.63, 3.8) is 0 Å². The third kappa shape index (κ3) is 3.49. The van der Waals surface area contributed by atoms with Gasteiger partial charge in [0.2, 0.25) is 0 Å². The lowest BCUT2D eigenvalue weighted by atomic mass is 9.94. The van der Waals surface area contributed by atoms with Crippen LogP contribution in [-0.4, -0.2) is 16.2 Å². The molecule has 18 heavy (non-hydrogen) atoms.